The zero-order chi connectivity index (χ0) is 17.2. The molecule has 2 aliphatic carbocycles. The maximum absolute atomic E-state index is 13.6. The molecule has 136 valence electrons. The summed E-state index contributed by atoms with van der Waals surface area (Å²) in [4.78, 5) is 0. The maximum atomic E-state index is 13.6. The Morgan fingerprint density at radius 2 is 1.11 bits per heavy atom. The smallest absolute Gasteiger partial charge is 1.00 e. The molecule has 2 aliphatic rings. The van der Waals surface area contributed by atoms with Crippen molar-refractivity contribution in [3.63, 3.8) is 0 Å². The molecule has 0 bridgehead atoms. The van der Waals surface area contributed by atoms with Crippen LogP contribution in [0.4, 0.5) is 8.78 Å². The van der Waals surface area contributed by atoms with Gasteiger partial charge in [-0.05, 0) is 0 Å². The Kier molecular flexibility index (Phi) is 7.96. The molecule has 0 saturated heterocycles. The van der Waals surface area contributed by atoms with E-state index in [9.17, 15) is 8.78 Å². The maximum Gasteiger partial charge on any atom is -1.00 e. The third kappa shape index (κ3) is 4.96. The fourth-order valence-electron chi connectivity index (χ4n) is 3.28. The van der Waals surface area contributed by atoms with Crippen LogP contribution in [-0.2, 0) is 22.9 Å². The molecule has 27 heavy (non-hydrogen) atoms. The summed E-state index contributed by atoms with van der Waals surface area (Å²) in [6.45, 7) is 0. The van der Waals surface area contributed by atoms with Gasteiger partial charge in [0, 0.05) is 0 Å². The molecule has 0 radical (unpaired) electrons. The second kappa shape index (κ2) is 9.77. The third-order valence-corrected chi connectivity index (χ3v) is 10.0. The van der Waals surface area contributed by atoms with Crippen molar-refractivity contribution in [3.05, 3.63) is 102 Å². The van der Waals surface area contributed by atoms with E-state index in [1.807, 2.05) is 12.1 Å². The quantitative estimate of drug-likeness (QED) is 0.460. The average Bonchev–Trinajstić information content (AvgIpc) is 3.25. The van der Waals surface area contributed by atoms with Crippen LogP contribution in [0.5, 0.6) is 0 Å². The van der Waals surface area contributed by atoms with E-state index in [1.54, 1.807) is 24.3 Å². The molecule has 5 heteroatoms. The summed E-state index contributed by atoms with van der Waals surface area (Å²) >= 11 is -1.25. The molecule has 0 N–H and O–H groups in total. The summed E-state index contributed by atoms with van der Waals surface area (Å²) in [7, 11) is 0. The van der Waals surface area contributed by atoms with Gasteiger partial charge in [-0.15, -0.1) is 0 Å². The fraction of sp³-hybridized carbons (Fsp3) is 0.0909. The monoisotopic (exact) mass is 568 g/mol. The molecule has 0 saturated carbocycles. The number of hydrogen-bond acceptors (Lipinski definition) is 0. The Bertz CT molecular complexity index is 881. The topological polar surface area (TPSA) is 0 Å². The molecule has 0 heterocycles. The van der Waals surface area contributed by atoms with Crippen molar-refractivity contribution in [1.82, 2.24) is 0 Å². The van der Waals surface area contributed by atoms with Crippen molar-refractivity contribution < 1.29 is 56.5 Å². The van der Waals surface area contributed by atoms with E-state index in [1.165, 1.54) is 29.9 Å². The van der Waals surface area contributed by atoms with Crippen LogP contribution < -0.4 is 24.8 Å². The van der Waals surface area contributed by atoms with Crippen LogP contribution in [0.15, 0.2) is 79.5 Å². The molecule has 0 unspecified atom stereocenters. The van der Waals surface area contributed by atoms with Crippen LogP contribution in [0.3, 0.4) is 0 Å². The molecular weight excluding hydrogens is 552 g/mol. The minimum Gasteiger partial charge on any atom is -1.00 e. The summed E-state index contributed by atoms with van der Waals surface area (Å²) in [5, 5.41) is 0. The van der Waals surface area contributed by atoms with E-state index < -0.39 is 22.9 Å². The molecule has 0 nitrogen and oxygen atoms in total. The van der Waals surface area contributed by atoms with Crippen LogP contribution in [0, 0.1) is 11.6 Å². The van der Waals surface area contributed by atoms with Crippen LogP contribution >= 0.6 is 0 Å². The minimum absolute atomic E-state index is 0. The summed E-state index contributed by atoms with van der Waals surface area (Å²) in [5.74, 6) is -0.389. The van der Waals surface area contributed by atoms with Crippen molar-refractivity contribution in [2.75, 3.05) is 0 Å². The SMILES string of the molecule is Fc1cccc(C2=[C]([Hf+2][C]3=C(c4cccc(F)c4)C=CC3)CC=C2)c1.[Cl-].[Cl-]. The molecule has 0 amide bonds. The molecule has 2 aromatic rings. The van der Waals surface area contributed by atoms with Crippen LogP contribution in [0.25, 0.3) is 11.1 Å². The summed E-state index contributed by atoms with van der Waals surface area (Å²) in [5.41, 5.74) is 4.33. The summed E-state index contributed by atoms with van der Waals surface area (Å²) in [6.07, 6.45) is 10.5. The third-order valence-electron chi connectivity index (χ3n) is 4.44. The summed E-state index contributed by atoms with van der Waals surface area (Å²) in [6, 6.07) is 13.7. The Morgan fingerprint density at radius 3 is 1.52 bits per heavy atom. The standard InChI is InChI=1S/2C11H8F.2ClH.Hf/c2*12-11-7-3-6-10(8-11)9-4-1-2-5-9;;;/h2*1,3-4,6-8H,2H2;2*1H;/q;;;;+2/p-2. The first-order chi connectivity index (χ1) is 12.2. The van der Waals surface area contributed by atoms with Gasteiger partial charge in [0.2, 0.25) is 0 Å². The van der Waals surface area contributed by atoms with Crippen LogP contribution in [0.1, 0.15) is 24.0 Å². The first kappa shape index (κ1) is 22.0. The Morgan fingerprint density at radius 1 is 0.667 bits per heavy atom. The van der Waals surface area contributed by atoms with Gasteiger partial charge < -0.3 is 24.8 Å². The molecule has 0 fully saturated rings. The molecule has 0 atom stereocenters. The number of hydrogen-bond donors (Lipinski definition) is 0. The largest absolute Gasteiger partial charge is 1.00 e. The molecular formula is C22H16Cl2F2Hf. The second-order valence-corrected chi connectivity index (χ2v) is 11.4. The Labute approximate surface area is 181 Å². The van der Waals surface area contributed by atoms with Gasteiger partial charge in [0.05, 0.1) is 0 Å². The van der Waals surface area contributed by atoms with E-state index in [0.29, 0.717) is 0 Å². The van der Waals surface area contributed by atoms with Crippen molar-refractivity contribution >= 4 is 11.1 Å². The van der Waals surface area contributed by atoms with E-state index in [0.717, 1.165) is 24.0 Å². The molecule has 0 aliphatic heterocycles. The first-order valence-corrected chi connectivity index (χ1v) is 11.9. The fourth-order valence-corrected chi connectivity index (χ4v) is 8.77. The van der Waals surface area contributed by atoms with Gasteiger partial charge in [0.25, 0.3) is 0 Å². The van der Waals surface area contributed by atoms with E-state index in [4.69, 9.17) is 0 Å². The van der Waals surface area contributed by atoms with E-state index >= 15 is 0 Å². The van der Waals surface area contributed by atoms with Gasteiger partial charge in [-0.1, -0.05) is 0 Å². The van der Waals surface area contributed by atoms with Gasteiger partial charge in [-0.3, -0.25) is 0 Å². The predicted molar refractivity (Wildman–Crippen MR) is 94.2 cm³/mol. The van der Waals surface area contributed by atoms with E-state index in [2.05, 4.69) is 24.3 Å². The van der Waals surface area contributed by atoms with Crippen molar-refractivity contribution in [1.29, 1.82) is 0 Å². The van der Waals surface area contributed by atoms with Crippen LogP contribution in [-0.4, -0.2) is 0 Å². The van der Waals surface area contributed by atoms with Crippen molar-refractivity contribution in [2.45, 2.75) is 12.8 Å². The van der Waals surface area contributed by atoms with Crippen molar-refractivity contribution in [2.24, 2.45) is 0 Å². The zero-order valence-electron chi connectivity index (χ0n) is 14.4. The second-order valence-electron chi connectivity index (χ2n) is 6.14. The zero-order valence-corrected chi connectivity index (χ0v) is 19.5. The summed E-state index contributed by atoms with van der Waals surface area (Å²) < 4.78 is 30.1. The first-order valence-electron chi connectivity index (χ1n) is 8.29. The molecule has 2 aromatic carbocycles. The van der Waals surface area contributed by atoms with Gasteiger partial charge in [-0.25, -0.2) is 0 Å². The van der Waals surface area contributed by atoms with Crippen molar-refractivity contribution in [3.8, 4) is 0 Å². The number of halogens is 4. The normalized spacial score (nSPS) is 14.9. The number of benzene rings is 2. The van der Waals surface area contributed by atoms with Gasteiger partial charge in [0.15, 0.2) is 0 Å². The van der Waals surface area contributed by atoms with E-state index in [-0.39, 0.29) is 36.4 Å². The Hall–Kier alpha value is -1.29. The molecule has 0 spiro atoms. The van der Waals surface area contributed by atoms with Gasteiger partial charge in [-0.2, -0.15) is 0 Å². The molecule has 0 aromatic heterocycles. The van der Waals surface area contributed by atoms with Gasteiger partial charge >= 0.3 is 158 Å². The minimum atomic E-state index is -1.25. The predicted octanol–water partition coefficient (Wildman–Crippen LogP) is 0.0975. The van der Waals surface area contributed by atoms with Gasteiger partial charge in [0.1, 0.15) is 0 Å². The molecule has 4 rings (SSSR count). The van der Waals surface area contributed by atoms with Crippen LogP contribution in [0.2, 0.25) is 0 Å². The Balaban J connectivity index is 0.00000131. The number of rotatable bonds is 4. The number of allylic oxidation sites excluding steroid dienone is 8. The average molecular weight is 568 g/mol.